The predicted octanol–water partition coefficient (Wildman–Crippen LogP) is 3.95. The molecule has 2 aliphatic heterocycles. The molecule has 2 aromatic carbocycles. The van der Waals surface area contributed by atoms with Crippen LogP contribution < -0.4 is 14.8 Å². The van der Waals surface area contributed by atoms with Crippen LogP contribution in [0.5, 0.6) is 11.5 Å². The number of carboxylic acid groups (broad SMARTS) is 1. The third-order valence-corrected chi connectivity index (χ3v) is 5.05. The quantitative estimate of drug-likeness (QED) is 0.828. The fraction of sp³-hybridized carbons (Fsp3) is 0.278. The number of halogens is 1. The van der Waals surface area contributed by atoms with Gasteiger partial charge in [0, 0.05) is 28.8 Å². The van der Waals surface area contributed by atoms with Crippen LogP contribution in [0.3, 0.4) is 0 Å². The fourth-order valence-electron chi connectivity index (χ4n) is 3.28. The Balaban J connectivity index is 1.54. The molecule has 0 aromatic heterocycles. The molecule has 2 aliphatic rings. The topological polar surface area (TPSA) is 67.8 Å². The van der Waals surface area contributed by atoms with Crippen LogP contribution in [0, 0.1) is 0 Å². The summed E-state index contributed by atoms with van der Waals surface area (Å²) >= 11 is 3.51. The highest BCUT2D eigenvalue weighted by molar-refractivity contribution is 9.10. The summed E-state index contributed by atoms with van der Waals surface area (Å²) in [6.45, 7) is 0.991. The van der Waals surface area contributed by atoms with Crippen LogP contribution in [0.2, 0.25) is 0 Å². The normalized spacial score (nSPS) is 20.7. The van der Waals surface area contributed by atoms with Gasteiger partial charge in [-0.15, -0.1) is 0 Å². The number of hydrogen-bond acceptors (Lipinski definition) is 4. The molecule has 2 atom stereocenters. The Kier molecular flexibility index (Phi) is 3.84. The van der Waals surface area contributed by atoms with E-state index in [0.717, 1.165) is 32.8 Å². The number of carbonyl (C=O) groups is 1. The maximum Gasteiger partial charge on any atom is 0.304 e. The van der Waals surface area contributed by atoms with Crippen LogP contribution in [-0.4, -0.2) is 24.3 Å². The van der Waals surface area contributed by atoms with E-state index in [1.807, 2.05) is 30.3 Å². The molecule has 2 aromatic rings. The van der Waals surface area contributed by atoms with Crippen molar-refractivity contribution in [2.75, 3.05) is 18.5 Å². The second-order valence-corrected chi connectivity index (χ2v) is 6.88. The molecule has 0 spiro atoms. The third-order valence-electron chi connectivity index (χ3n) is 4.42. The highest BCUT2D eigenvalue weighted by Gasteiger charge is 2.28. The van der Waals surface area contributed by atoms with Gasteiger partial charge in [-0.3, -0.25) is 4.79 Å². The van der Waals surface area contributed by atoms with E-state index in [0.29, 0.717) is 13.2 Å². The molecule has 2 N–H and O–H groups in total. The molecule has 124 valence electrons. The summed E-state index contributed by atoms with van der Waals surface area (Å²) in [5, 5.41) is 12.4. The maximum absolute atomic E-state index is 10.9. The third kappa shape index (κ3) is 2.71. The molecule has 0 saturated carbocycles. The van der Waals surface area contributed by atoms with E-state index >= 15 is 0 Å². The summed E-state index contributed by atoms with van der Waals surface area (Å²) in [6.07, 6.45) is 0.0949. The molecule has 6 heteroatoms. The molecule has 0 fully saturated rings. The highest BCUT2D eigenvalue weighted by Crippen LogP contribution is 2.41. The van der Waals surface area contributed by atoms with Crippen molar-refractivity contribution in [2.24, 2.45) is 0 Å². The lowest BCUT2D eigenvalue weighted by atomic mass is 9.97. The Labute approximate surface area is 147 Å². The number of para-hydroxylation sites is 1. The van der Waals surface area contributed by atoms with Crippen LogP contribution in [0.25, 0.3) is 0 Å². The van der Waals surface area contributed by atoms with E-state index < -0.39 is 5.97 Å². The smallest absolute Gasteiger partial charge is 0.304 e. The average Bonchev–Trinajstić information content (AvgIpc) is 3.13. The minimum Gasteiger partial charge on any atom is -0.493 e. The molecule has 0 amide bonds. The minimum absolute atomic E-state index is 0.0713. The van der Waals surface area contributed by atoms with E-state index in [1.165, 1.54) is 0 Å². The average molecular weight is 390 g/mol. The molecule has 4 rings (SSSR count). The van der Waals surface area contributed by atoms with Gasteiger partial charge in [-0.2, -0.15) is 0 Å². The Morgan fingerprint density at radius 3 is 2.92 bits per heavy atom. The number of ether oxygens (including phenoxy) is 2. The molecule has 5 nitrogen and oxygen atoms in total. The van der Waals surface area contributed by atoms with Gasteiger partial charge in [0.25, 0.3) is 0 Å². The number of hydrogen-bond donors (Lipinski definition) is 2. The molecular formula is C18H16BrNO4. The second kappa shape index (κ2) is 6.02. The van der Waals surface area contributed by atoms with Crippen molar-refractivity contribution >= 4 is 27.6 Å². The zero-order chi connectivity index (χ0) is 16.7. The van der Waals surface area contributed by atoms with Crippen molar-refractivity contribution in [3.63, 3.8) is 0 Å². The molecule has 0 bridgehead atoms. The summed E-state index contributed by atoms with van der Waals surface area (Å²) < 4.78 is 12.4. The van der Waals surface area contributed by atoms with Gasteiger partial charge in [-0.05, 0) is 28.1 Å². The first-order chi connectivity index (χ1) is 11.6. The number of aliphatic carboxylic acids is 1. The Morgan fingerprint density at radius 2 is 2.08 bits per heavy atom. The summed E-state index contributed by atoms with van der Waals surface area (Å²) in [5.74, 6) is 0.774. The molecule has 2 heterocycles. The highest BCUT2D eigenvalue weighted by atomic mass is 79.9. The van der Waals surface area contributed by atoms with E-state index in [9.17, 15) is 4.79 Å². The number of benzene rings is 2. The van der Waals surface area contributed by atoms with E-state index in [4.69, 9.17) is 14.6 Å². The van der Waals surface area contributed by atoms with Crippen LogP contribution >= 0.6 is 15.9 Å². The summed E-state index contributed by atoms with van der Waals surface area (Å²) in [5.41, 5.74) is 3.02. The van der Waals surface area contributed by atoms with Gasteiger partial charge >= 0.3 is 5.97 Å². The summed E-state index contributed by atoms with van der Waals surface area (Å²) in [7, 11) is 0. The Hall–Kier alpha value is -2.21. The van der Waals surface area contributed by atoms with Gasteiger partial charge in [-0.25, -0.2) is 0 Å². The lowest BCUT2D eigenvalue weighted by Gasteiger charge is -2.14. The van der Waals surface area contributed by atoms with Crippen molar-refractivity contribution < 1.29 is 19.4 Å². The van der Waals surface area contributed by atoms with E-state index in [2.05, 4.69) is 27.3 Å². The van der Waals surface area contributed by atoms with Crippen molar-refractivity contribution in [3.8, 4) is 11.5 Å². The van der Waals surface area contributed by atoms with E-state index in [1.54, 1.807) is 0 Å². The molecule has 24 heavy (non-hydrogen) atoms. The molecule has 0 saturated heterocycles. The first kappa shape index (κ1) is 15.3. The molecule has 0 aliphatic carbocycles. The lowest BCUT2D eigenvalue weighted by molar-refractivity contribution is -0.137. The first-order valence-electron chi connectivity index (χ1n) is 7.78. The van der Waals surface area contributed by atoms with Crippen molar-refractivity contribution in [1.82, 2.24) is 0 Å². The zero-order valence-corrected chi connectivity index (χ0v) is 14.4. The number of carboxylic acids is 1. The SMILES string of the molecule is O=C(O)CC1COc2cc(NC3COc4c(Br)cccc43)ccc21. The van der Waals surface area contributed by atoms with Crippen LogP contribution in [-0.2, 0) is 4.79 Å². The van der Waals surface area contributed by atoms with Gasteiger partial charge in [0.2, 0.25) is 0 Å². The minimum atomic E-state index is -0.802. The monoisotopic (exact) mass is 389 g/mol. The van der Waals surface area contributed by atoms with Gasteiger partial charge in [0.1, 0.15) is 18.1 Å². The first-order valence-corrected chi connectivity index (χ1v) is 8.57. The largest absolute Gasteiger partial charge is 0.493 e. The van der Waals surface area contributed by atoms with Crippen LogP contribution in [0.1, 0.15) is 29.5 Å². The standard InChI is InChI=1S/C18H16BrNO4/c19-14-3-1-2-13-15(9-24-18(13)14)20-11-4-5-12-10(6-17(21)22)8-23-16(12)7-11/h1-5,7,10,15,20H,6,8-9H2,(H,21,22). The summed E-state index contributed by atoms with van der Waals surface area (Å²) in [6, 6.07) is 12.0. The van der Waals surface area contributed by atoms with Gasteiger partial charge in [-0.1, -0.05) is 18.2 Å². The van der Waals surface area contributed by atoms with E-state index in [-0.39, 0.29) is 18.4 Å². The van der Waals surface area contributed by atoms with Crippen molar-refractivity contribution in [2.45, 2.75) is 18.4 Å². The fourth-order valence-corrected chi connectivity index (χ4v) is 3.77. The number of anilines is 1. The predicted molar refractivity (Wildman–Crippen MR) is 92.9 cm³/mol. The van der Waals surface area contributed by atoms with Gasteiger partial charge in [0.15, 0.2) is 0 Å². The molecular weight excluding hydrogens is 374 g/mol. The van der Waals surface area contributed by atoms with Gasteiger partial charge < -0.3 is 19.9 Å². The van der Waals surface area contributed by atoms with Crippen LogP contribution in [0.4, 0.5) is 5.69 Å². The number of fused-ring (bicyclic) bond motifs is 2. The Morgan fingerprint density at radius 1 is 1.21 bits per heavy atom. The second-order valence-electron chi connectivity index (χ2n) is 6.02. The number of rotatable bonds is 4. The molecule has 2 unspecified atom stereocenters. The maximum atomic E-state index is 10.9. The molecule has 0 radical (unpaired) electrons. The van der Waals surface area contributed by atoms with Crippen LogP contribution in [0.15, 0.2) is 40.9 Å². The van der Waals surface area contributed by atoms with Crippen molar-refractivity contribution in [3.05, 3.63) is 52.0 Å². The Bertz CT molecular complexity index is 808. The van der Waals surface area contributed by atoms with Gasteiger partial charge in [0.05, 0.1) is 23.5 Å². The lowest BCUT2D eigenvalue weighted by Crippen LogP contribution is -2.11. The summed E-state index contributed by atoms with van der Waals surface area (Å²) in [4.78, 5) is 10.9. The zero-order valence-electron chi connectivity index (χ0n) is 12.8. The number of nitrogens with one attached hydrogen (secondary N) is 1. The van der Waals surface area contributed by atoms with Crippen molar-refractivity contribution in [1.29, 1.82) is 0 Å².